The Morgan fingerprint density at radius 2 is 2.43 bits per heavy atom. The third-order valence-electron chi connectivity index (χ3n) is 0.475. The lowest BCUT2D eigenvalue weighted by Gasteiger charge is -2.05. The molecule has 0 radical (unpaired) electrons. The van der Waals surface area contributed by atoms with Crippen molar-refractivity contribution in [1.82, 2.24) is 5.01 Å². The number of rotatable bonds is 3. The van der Waals surface area contributed by atoms with Gasteiger partial charge in [0.15, 0.2) is 0 Å². The van der Waals surface area contributed by atoms with E-state index in [1.54, 1.807) is 6.08 Å². The molecule has 0 amide bonds. The summed E-state index contributed by atoms with van der Waals surface area (Å²) in [5.41, 5.74) is 1.38. The molecule has 7 heavy (non-hydrogen) atoms. The molecule has 0 fully saturated rings. The summed E-state index contributed by atoms with van der Waals surface area (Å²) in [6.07, 6.45) is 1.68. The average molecular weight is 116 g/mol. The molecule has 0 aromatic carbocycles. The van der Waals surface area contributed by atoms with Crippen molar-refractivity contribution in [3.63, 3.8) is 0 Å². The van der Waals surface area contributed by atoms with Crippen LogP contribution in [-0.2, 0) is 0 Å². The molecule has 3 heteroatoms. The maximum atomic E-state index is 5.19. The van der Waals surface area contributed by atoms with Gasteiger partial charge in [-0.25, -0.2) is 5.84 Å². The van der Waals surface area contributed by atoms with E-state index in [1.807, 2.05) is 0 Å². The van der Waals surface area contributed by atoms with Gasteiger partial charge in [-0.2, -0.15) is 0 Å². The van der Waals surface area contributed by atoms with Crippen LogP contribution in [0.1, 0.15) is 0 Å². The zero-order valence-corrected chi connectivity index (χ0v) is 4.82. The molecule has 0 saturated carbocycles. The summed E-state index contributed by atoms with van der Waals surface area (Å²) in [5.74, 6) is 5.19. The summed E-state index contributed by atoms with van der Waals surface area (Å²) < 4.78 is 0. The predicted molar refractivity (Wildman–Crippen MR) is 34.7 cm³/mol. The summed E-state index contributed by atoms with van der Waals surface area (Å²) in [4.78, 5) is 0. The van der Waals surface area contributed by atoms with Crippen molar-refractivity contribution in [3.8, 4) is 0 Å². The van der Waals surface area contributed by atoms with Gasteiger partial charge in [-0.15, -0.1) is 6.58 Å². The van der Waals surface area contributed by atoms with E-state index in [1.165, 1.54) is 10.5 Å². The van der Waals surface area contributed by atoms with Crippen molar-refractivity contribution >= 4 is 17.7 Å². The van der Waals surface area contributed by atoms with Crippen LogP contribution in [0.3, 0.4) is 0 Å². The fourth-order valence-corrected chi connectivity index (χ4v) is 0.278. The third-order valence-corrected chi connectivity index (χ3v) is 0.746. The standard InChI is InChI=1S/C4H8N2S/c1-2-3-6(5)4-7/h2,4H,1,3,5H2. The van der Waals surface area contributed by atoms with Crippen LogP contribution in [0, 0.1) is 0 Å². The van der Waals surface area contributed by atoms with E-state index in [-0.39, 0.29) is 0 Å². The van der Waals surface area contributed by atoms with E-state index in [0.717, 1.165) is 0 Å². The molecule has 0 heterocycles. The first-order valence-corrected chi connectivity index (χ1v) is 2.36. The Balaban J connectivity index is 3.15. The molecule has 2 N–H and O–H groups in total. The molecule has 0 saturated heterocycles. The molecule has 0 aliphatic heterocycles. The highest BCUT2D eigenvalue weighted by molar-refractivity contribution is 7.78. The zero-order valence-electron chi connectivity index (χ0n) is 4.00. The van der Waals surface area contributed by atoms with Gasteiger partial charge in [0.1, 0.15) is 0 Å². The van der Waals surface area contributed by atoms with Gasteiger partial charge >= 0.3 is 0 Å². The number of hydrogen-bond donors (Lipinski definition) is 1. The summed E-state index contributed by atoms with van der Waals surface area (Å²) >= 11 is 4.47. The molecule has 0 bridgehead atoms. The molecule has 40 valence electrons. The Morgan fingerprint density at radius 3 is 2.57 bits per heavy atom. The van der Waals surface area contributed by atoms with Crippen LogP contribution in [0.15, 0.2) is 12.7 Å². The van der Waals surface area contributed by atoms with Gasteiger partial charge < -0.3 is 5.01 Å². The van der Waals surface area contributed by atoms with Gasteiger partial charge in [-0.3, -0.25) is 0 Å². The molecule has 0 aliphatic rings. The van der Waals surface area contributed by atoms with Crippen LogP contribution in [0.2, 0.25) is 0 Å². The van der Waals surface area contributed by atoms with Crippen LogP contribution in [0.5, 0.6) is 0 Å². The summed E-state index contributed by atoms with van der Waals surface area (Å²) in [6, 6.07) is 0. The van der Waals surface area contributed by atoms with E-state index in [4.69, 9.17) is 5.84 Å². The maximum Gasteiger partial charge on any atom is 0.0788 e. The van der Waals surface area contributed by atoms with Crippen molar-refractivity contribution in [2.45, 2.75) is 0 Å². The van der Waals surface area contributed by atoms with Crippen molar-refractivity contribution in [2.75, 3.05) is 6.54 Å². The molecular weight excluding hydrogens is 108 g/mol. The average Bonchev–Trinajstić information content (AvgIpc) is 1.68. The Hall–Kier alpha value is -0.410. The first-order chi connectivity index (χ1) is 3.31. The van der Waals surface area contributed by atoms with Crippen LogP contribution in [0.4, 0.5) is 0 Å². The van der Waals surface area contributed by atoms with Crippen LogP contribution in [-0.4, -0.2) is 17.0 Å². The highest BCUT2D eigenvalue weighted by Crippen LogP contribution is 1.68. The maximum absolute atomic E-state index is 5.19. The van der Waals surface area contributed by atoms with Crippen LogP contribution in [0.25, 0.3) is 0 Å². The zero-order chi connectivity index (χ0) is 5.70. The number of hydrazine groups is 1. The SMILES string of the molecule is C=CCN(N)C=S. The largest absolute Gasteiger partial charge is 0.304 e. The predicted octanol–water partition coefficient (Wildman–Crippen LogP) is 0.305. The Labute approximate surface area is 48.6 Å². The van der Waals surface area contributed by atoms with E-state index in [0.29, 0.717) is 6.54 Å². The molecule has 0 aliphatic carbocycles. The first kappa shape index (κ1) is 6.59. The summed E-state index contributed by atoms with van der Waals surface area (Å²) in [7, 11) is 0. The van der Waals surface area contributed by atoms with E-state index in [2.05, 4.69) is 18.8 Å². The molecule has 0 aromatic rings. The number of hydrogen-bond acceptors (Lipinski definition) is 2. The minimum Gasteiger partial charge on any atom is -0.304 e. The smallest absolute Gasteiger partial charge is 0.0788 e. The van der Waals surface area contributed by atoms with Crippen molar-refractivity contribution in [2.24, 2.45) is 5.84 Å². The first-order valence-electron chi connectivity index (χ1n) is 1.88. The van der Waals surface area contributed by atoms with Crippen molar-refractivity contribution in [3.05, 3.63) is 12.7 Å². The number of nitrogens with zero attached hydrogens (tertiary/aromatic N) is 1. The molecule has 0 atom stereocenters. The minimum atomic E-state index is 0.615. The Morgan fingerprint density at radius 1 is 1.86 bits per heavy atom. The molecular formula is C4H8N2S. The second-order valence-electron chi connectivity index (χ2n) is 1.09. The monoisotopic (exact) mass is 116 g/mol. The summed E-state index contributed by atoms with van der Waals surface area (Å²) in [6.45, 7) is 4.08. The minimum absolute atomic E-state index is 0.615. The van der Waals surface area contributed by atoms with Gasteiger partial charge in [0.25, 0.3) is 0 Å². The lowest BCUT2D eigenvalue weighted by Crippen LogP contribution is -2.28. The second kappa shape index (κ2) is 3.77. The molecule has 0 aromatic heterocycles. The van der Waals surface area contributed by atoms with Crippen LogP contribution >= 0.6 is 12.2 Å². The summed E-state index contributed by atoms with van der Waals surface area (Å²) in [5, 5.41) is 1.38. The Bertz CT molecular complexity index is 72.1. The molecule has 0 spiro atoms. The fraction of sp³-hybridized carbons (Fsp3) is 0.250. The molecule has 0 rings (SSSR count). The molecule has 2 nitrogen and oxygen atoms in total. The lowest BCUT2D eigenvalue weighted by atomic mass is 10.6. The number of nitrogens with two attached hydrogens (primary N) is 1. The van der Waals surface area contributed by atoms with Gasteiger partial charge in [-0.05, 0) is 0 Å². The van der Waals surface area contributed by atoms with E-state index < -0.39 is 0 Å². The van der Waals surface area contributed by atoms with E-state index >= 15 is 0 Å². The fourth-order valence-electron chi connectivity index (χ4n) is 0.192. The quantitative estimate of drug-likeness (QED) is 0.249. The van der Waals surface area contributed by atoms with Gasteiger partial charge in [0, 0.05) is 0 Å². The second-order valence-corrected chi connectivity index (χ2v) is 1.30. The third kappa shape index (κ3) is 3.42. The molecule has 0 unspecified atom stereocenters. The highest BCUT2D eigenvalue weighted by Gasteiger charge is 1.79. The van der Waals surface area contributed by atoms with Gasteiger partial charge in [0.2, 0.25) is 0 Å². The van der Waals surface area contributed by atoms with Crippen molar-refractivity contribution < 1.29 is 0 Å². The highest BCUT2D eigenvalue weighted by atomic mass is 32.1. The van der Waals surface area contributed by atoms with Gasteiger partial charge in [-0.1, -0.05) is 18.3 Å². The van der Waals surface area contributed by atoms with Crippen molar-refractivity contribution in [1.29, 1.82) is 0 Å². The number of thiocarbonyl (C=S) groups is 1. The van der Waals surface area contributed by atoms with Crippen LogP contribution < -0.4 is 5.84 Å². The normalized spacial score (nSPS) is 7.57. The Kier molecular flexibility index (Phi) is 3.55. The topological polar surface area (TPSA) is 29.3 Å². The van der Waals surface area contributed by atoms with Gasteiger partial charge in [0.05, 0.1) is 12.0 Å². The lowest BCUT2D eigenvalue weighted by molar-refractivity contribution is 0.513. The van der Waals surface area contributed by atoms with E-state index in [9.17, 15) is 0 Å².